The van der Waals surface area contributed by atoms with Crippen LogP contribution in [0.15, 0.2) is 10.2 Å². The van der Waals surface area contributed by atoms with Crippen LogP contribution in [0.2, 0.25) is 0 Å². The van der Waals surface area contributed by atoms with Gasteiger partial charge < -0.3 is 4.90 Å². The van der Waals surface area contributed by atoms with Crippen molar-refractivity contribution in [3.8, 4) is 12.3 Å². The second kappa shape index (κ2) is 6.37. The van der Waals surface area contributed by atoms with Crippen LogP contribution in [0.5, 0.6) is 0 Å². The van der Waals surface area contributed by atoms with Gasteiger partial charge in [0, 0.05) is 50.9 Å². The molecule has 0 saturated carbocycles. The van der Waals surface area contributed by atoms with Crippen molar-refractivity contribution in [2.24, 2.45) is 10.2 Å². The third-order valence-electron chi connectivity index (χ3n) is 5.53. The second-order valence-corrected chi connectivity index (χ2v) is 6.92. The van der Waals surface area contributed by atoms with E-state index in [0.717, 1.165) is 25.9 Å². The summed E-state index contributed by atoms with van der Waals surface area (Å²) < 4.78 is 0. The molecule has 0 aromatic carbocycles. The molecule has 2 unspecified atom stereocenters. The van der Waals surface area contributed by atoms with Crippen LogP contribution in [0.3, 0.4) is 0 Å². The summed E-state index contributed by atoms with van der Waals surface area (Å²) in [5.41, 5.74) is -0.333. The molecular weight excluding hydrogens is 276 g/mol. The first-order valence-electron chi connectivity index (χ1n) is 8.51. The van der Waals surface area contributed by atoms with E-state index in [1.807, 2.05) is 0 Å². The molecule has 2 saturated heterocycles. The van der Waals surface area contributed by atoms with Crippen molar-refractivity contribution in [3.05, 3.63) is 0 Å². The number of hydrogen-bond acceptors (Lipinski definition) is 4. The van der Waals surface area contributed by atoms with Gasteiger partial charge in [0.05, 0.1) is 0 Å². The summed E-state index contributed by atoms with van der Waals surface area (Å²) >= 11 is 0. The van der Waals surface area contributed by atoms with E-state index in [9.17, 15) is 4.79 Å². The maximum atomic E-state index is 12.6. The van der Waals surface area contributed by atoms with Crippen molar-refractivity contribution < 1.29 is 4.79 Å². The summed E-state index contributed by atoms with van der Waals surface area (Å²) in [6.45, 7) is 1.79. The monoisotopic (exact) mass is 302 g/mol. The number of hydrogen-bond donors (Lipinski definition) is 0. The molecule has 0 aliphatic carbocycles. The van der Waals surface area contributed by atoms with Crippen LogP contribution in [0, 0.1) is 12.3 Å². The maximum Gasteiger partial charge on any atom is 0.222 e. The highest BCUT2D eigenvalue weighted by Gasteiger charge is 2.40. The Labute approximate surface area is 133 Å². The zero-order valence-electron chi connectivity index (χ0n) is 13.5. The molecule has 2 bridgehead atoms. The van der Waals surface area contributed by atoms with Crippen molar-refractivity contribution in [3.63, 3.8) is 0 Å². The fraction of sp³-hybridized carbons (Fsp3) is 0.824. The molecule has 2 fully saturated rings. The Morgan fingerprint density at radius 3 is 2.77 bits per heavy atom. The van der Waals surface area contributed by atoms with Gasteiger partial charge in [-0.25, -0.2) is 0 Å². The molecule has 3 rings (SSSR count). The molecule has 22 heavy (non-hydrogen) atoms. The van der Waals surface area contributed by atoms with Gasteiger partial charge in [-0.15, -0.1) is 12.3 Å². The zero-order chi connectivity index (χ0) is 15.6. The summed E-state index contributed by atoms with van der Waals surface area (Å²) in [7, 11) is 2.22. The highest BCUT2D eigenvalue weighted by molar-refractivity contribution is 5.76. The molecule has 5 heteroatoms. The zero-order valence-corrected chi connectivity index (χ0v) is 13.5. The minimum Gasteiger partial charge on any atom is -0.341 e. The molecule has 0 aromatic heterocycles. The molecular formula is C17H26N4O. The summed E-state index contributed by atoms with van der Waals surface area (Å²) in [6.07, 6.45) is 12.9. The normalized spacial score (nSPS) is 29.7. The van der Waals surface area contributed by atoms with Gasteiger partial charge in [0.1, 0.15) is 0 Å². The van der Waals surface area contributed by atoms with Gasteiger partial charge in [-0.05, 0) is 26.3 Å². The van der Waals surface area contributed by atoms with Crippen LogP contribution in [-0.4, -0.2) is 53.6 Å². The van der Waals surface area contributed by atoms with E-state index in [1.54, 1.807) is 0 Å². The highest BCUT2D eigenvalue weighted by atomic mass is 16.2. The number of fused-ring (bicyclic) bond motifs is 2. The standard InChI is InChI=1S/C17H26N4O/c1-3-4-10-17(18-19-17)11-8-16(22)21-12-9-14-6-5-7-15(13-21)20(14)2/h1,14-15H,4-13H2,2H3. The van der Waals surface area contributed by atoms with Crippen molar-refractivity contribution in [2.75, 3.05) is 20.1 Å². The fourth-order valence-electron chi connectivity index (χ4n) is 3.87. The Morgan fingerprint density at radius 2 is 2.05 bits per heavy atom. The third-order valence-corrected chi connectivity index (χ3v) is 5.53. The fourth-order valence-corrected chi connectivity index (χ4v) is 3.87. The lowest BCUT2D eigenvalue weighted by atomic mass is 9.96. The lowest BCUT2D eigenvalue weighted by Crippen LogP contribution is -2.46. The van der Waals surface area contributed by atoms with Crippen molar-refractivity contribution >= 4 is 5.91 Å². The van der Waals surface area contributed by atoms with E-state index in [0.29, 0.717) is 31.3 Å². The van der Waals surface area contributed by atoms with Crippen LogP contribution < -0.4 is 0 Å². The SMILES string of the molecule is C#CCCC1(CCC(=O)N2CCC3CCCC(C2)N3C)N=N1. The summed E-state index contributed by atoms with van der Waals surface area (Å²) in [4.78, 5) is 17.1. The largest absolute Gasteiger partial charge is 0.341 e. The van der Waals surface area contributed by atoms with Gasteiger partial charge in [-0.1, -0.05) is 6.42 Å². The predicted molar refractivity (Wildman–Crippen MR) is 85.3 cm³/mol. The average molecular weight is 302 g/mol. The van der Waals surface area contributed by atoms with Gasteiger partial charge >= 0.3 is 0 Å². The Kier molecular flexibility index (Phi) is 4.49. The third kappa shape index (κ3) is 3.33. The molecule has 3 aliphatic rings. The Balaban J connectivity index is 1.51. The first kappa shape index (κ1) is 15.5. The molecule has 5 nitrogen and oxygen atoms in total. The first-order chi connectivity index (χ1) is 10.6. The van der Waals surface area contributed by atoms with Gasteiger partial charge in [-0.2, -0.15) is 10.2 Å². The topological polar surface area (TPSA) is 48.3 Å². The van der Waals surface area contributed by atoms with Crippen LogP contribution in [0.25, 0.3) is 0 Å². The van der Waals surface area contributed by atoms with E-state index >= 15 is 0 Å². The average Bonchev–Trinajstić information content (AvgIpc) is 3.29. The molecule has 1 amide bonds. The Morgan fingerprint density at radius 1 is 1.27 bits per heavy atom. The second-order valence-electron chi connectivity index (χ2n) is 6.92. The molecule has 0 aromatic rings. The summed E-state index contributed by atoms with van der Waals surface area (Å²) in [6, 6.07) is 1.20. The Bertz CT molecular complexity index is 489. The molecule has 120 valence electrons. The van der Waals surface area contributed by atoms with Crippen molar-refractivity contribution in [1.82, 2.24) is 9.80 Å². The number of carbonyl (C=O) groups excluding carboxylic acids is 1. The Hall–Kier alpha value is -1.41. The smallest absolute Gasteiger partial charge is 0.222 e. The molecule has 0 radical (unpaired) electrons. The van der Waals surface area contributed by atoms with E-state index in [4.69, 9.17) is 6.42 Å². The molecule has 0 N–H and O–H groups in total. The minimum atomic E-state index is -0.333. The van der Waals surface area contributed by atoms with Crippen molar-refractivity contribution in [1.29, 1.82) is 0 Å². The lowest BCUT2D eigenvalue weighted by Gasteiger charge is -2.37. The summed E-state index contributed by atoms with van der Waals surface area (Å²) in [5, 5.41) is 8.25. The molecule has 3 heterocycles. The van der Waals surface area contributed by atoms with Gasteiger partial charge in [0.25, 0.3) is 0 Å². The quantitative estimate of drug-likeness (QED) is 0.732. The van der Waals surface area contributed by atoms with Crippen LogP contribution in [0.4, 0.5) is 0 Å². The van der Waals surface area contributed by atoms with Crippen LogP contribution >= 0.6 is 0 Å². The van der Waals surface area contributed by atoms with Crippen molar-refractivity contribution in [2.45, 2.75) is 69.1 Å². The molecule has 3 aliphatic heterocycles. The van der Waals surface area contributed by atoms with Gasteiger partial charge in [0.2, 0.25) is 5.91 Å². The number of nitrogens with zero attached hydrogens (tertiary/aromatic N) is 4. The minimum absolute atomic E-state index is 0.262. The number of terminal acetylenes is 1. The predicted octanol–water partition coefficient (Wildman–Crippen LogP) is 2.43. The highest BCUT2D eigenvalue weighted by Crippen LogP contribution is 2.38. The van der Waals surface area contributed by atoms with E-state index in [-0.39, 0.29) is 11.6 Å². The number of carbonyl (C=O) groups is 1. The maximum absolute atomic E-state index is 12.6. The van der Waals surface area contributed by atoms with E-state index < -0.39 is 0 Å². The number of piperidine rings is 1. The lowest BCUT2D eigenvalue weighted by molar-refractivity contribution is -0.131. The van der Waals surface area contributed by atoms with E-state index in [2.05, 4.69) is 33.0 Å². The number of amides is 1. The van der Waals surface area contributed by atoms with Gasteiger partial charge in [-0.3, -0.25) is 9.69 Å². The summed E-state index contributed by atoms with van der Waals surface area (Å²) in [5.74, 6) is 2.89. The molecule has 2 atom stereocenters. The van der Waals surface area contributed by atoms with E-state index in [1.165, 1.54) is 19.3 Å². The van der Waals surface area contributed by atoms with Crippen LogP contribution in [0.1, 0.15) is 51.4 Å². The number of likely N-dealkylation sites (N-methyl/N-ethyl adjacent to an activating group) is 1. The number of rotatable bonds is 5. The van der Waals surface area contributed by atoms with Gasteiger partial charge in [0.15, 0.2) is 5.66 Å². The van der Waals surface area contributed by atoms with Crippen LogP contribution in [-0.2, 0) is 4.79 Å². The molecule has 0 spiro atoms. The first-order valence-corrected chi connectivity index (χ1v) is 8.51.